The fourth-order valence-corrected chi connectivity index (χ4v) is 2.57. The molecule has 0 saturated heterocycles. The molecule has 0 N–H and O–H groups in total. The molecule has 0 aliphatic rings. The van der Waals surface area contributed by atoms with Crippen LogP contribution >= 0.6 is 0 Å². The van der Waals surface area contributed by atoms with Crippen molar-refractivity contribution in [2.45, 2.75) is 38.9 Å². The molecule has 2 aromatic rings. The summed E-state index contributed by atoms with van der Waals surface area (Å²) < 4.78 is 11.4. The lowest BCUT2D eigenvalue weighted by atomic mass is 10.1. The summed E-state index contributed by atoms with van der Waals surface area (Å²) in [5.74, 6) is 0. The highest BCUT2D eigenvalue weighted by atomic mass is 16.5. The topological polar surface area (TPSA) is 18.5 Å². The summed E-state index contributed by atoms with van der Waals surface area (Å²) in [6, 6.07) is 20.6. The first-order valence-electron chi connectivity index (χ1n) is 9.39. The molecule has 0 bridgehead atoms. The predicted octanol–water partition coefficient (Wildman–Crippen LogP) is 6.09. The van der Waals surface area contributed by atoms with Crippen LogP contribution in [-0.2, 0) is 22.7 Å². The van der Waals surface area contributed by atoms with Gasteiger partial charge in [-0.2, -0.15) is 0 Å². The van der Waals surface area contributed by atoms with Crippen molar-refractivity contribution in [2.24, 2.45) is 0 Å². The van der Waals surface area contributed by atoms with E-state index in [0.29, 0.717) is 13.2 Å². The van der Waals surface area contributed by atoms with Gasteiger partial charge in [0.05, 0.1) is 19.8 Å². The maximum atomic E-state index is 5.70. The van der Waals surface area contributed by atoms with Crippen molar-refractivity contribution in [1.29, 1.82) is 0 Å². The number of rotatable bonds is 13. The third-order valence-corrected chi connectivity index (χ3v) is 4.04. The van der Waals surface area contributed by atoms with Gasteiger partial charge in [-0.3, -0.25) is 0 Å². The van der Waals surface area contributed by atoms with Crippen LogP contribution in [-0.4, -0.2) is 13.2 Å². The Bertz CT molecular complexity index is 632. The highest BCUT2D eigenvalue weighted by Gasteiger charge is 1.95. The second-order valence-electron chi connectivity index (χ2n) is 6.39. The van der Waals surface area contributed by atoms with Gasteiger partial charge < -0.3 is 9.47 Å². The van der Waals surface area contributed by atoms with Crippen LogP contribution in [0.1, 0.15) is 36.8 Å². The Labute approximate surface area is 158 Å². The summed E-state index contributed by atoms with van der Waals surface area (Å²) in [4.78, 5) is 0. The zero-order chi connectivity index (χ0) is 18.3. The van der Waals surface area contributed by atoms with E-state index >= 15 is 0 Å². The molecule has 0 aromatic heterocycles. The third-order valence-electron chi connectivity index (χ3n) is 4.04. The van der Waals surface area contributed by atoms with Crippen molar-refractivity contribution in [3.05, 3.63) is 96.1 Å². The highest BCUT2D eigenvalue weighted by Crippen LogP contribution is 2.09. The summed E-state index contributed by atoms with van der Waals surface area (Å²) in [7, 11) is 0. The largest absolute Gasteiger partial charge is 0.377 e. The number of hydrogen-bond acceptors (Lipinski definition) is 2. The first-order chi connectivity index (χ1) is 12.8. The Morgan fingerprint density at radius 3 is 1.96 bits per heavy atom. The standard InChI is InChI=1S/C24H30O2/c1-22(13-11-19-26-21-24-16-8-3-9-17-24)12-5-4-10-18-25-20-23-14-6-2-7-15-23/h2-9,14-17H,1,10-13,18-21H2/b5-4-. The molecule has 0 aliphatic carbocycles. The minimum absolute atomic E-state index is 0.685. The fourth-order valence-electron chi connectivity index (χ4n) is 2.57. The zero-order valence-corrected chi connectivity index (χ0v) is 15.6. The normalized spacial score (nSPS) is 11.1. The number of benzene rings is 2. The molecule has 26 heavy (non-hydrogen) atoms. The molecule has 0 spiro atoms. The minimum Gasteiger partial charge on any atom is -0.377 e. The first-order valence-corrected chi connectivity index (χ1v) is 9.39. The molecule has 2 rings (SSSR count). The van der Waals surface area contributed by atoms with Crippen LogP contribution in [0.3, 0.4) is 0 Å². The van der Waals surface area contributed by atoms with E-state index < -0.39 is 0 Å². The van der Waals surface area contributed by atoms with Crippen molar-refractivity contribution in [1.82, 2.24) is 0 Å². The Hall–Kier alpha value is -2.16. The van der Waals surface area contributed by atoms with Crippen LogP contribution < -0.4 is 0 Å². The maximum absolute atomic E-state index is 5.70. The monoisotopic (exact) mass is 350 g/mol. The molecular weight excluding hydrogens is 320 g/mol. The van der Waals surface area contributed by atoms with E-state index in [9.17, 15) is 0 Å². The lowest BCUT2D eigenvalue weighted by molar-refractivity contribution is 0.118. The Balaban J connectivity index is 1.42. The SMILES string of the molecule is C=C(C/C=C\CCOCc1ccccc1)CCCOCc1ccccc1. The zero-order valence-electron chi connectivity index (χ0n) is 15.6. The van der Waals surface area contributed by atoms with E-state index in [4.69, 9.17) is 9.47 Å². The molecule has 0 radical (unpaired) electrons. The van der Waals surface area contributed by atoms with Gasteiger partial charge in [-0.15, -0.1) is 0 Å². The van der Waals surface area contributed by atoms with Crippen molar-refractivity contribution < 1.29 is 9.47 Å². The summed E-state index contributed by atoms with van der Waals surface area (Å²) in [5, 5.41) is 0. The van der Waals surface area contributed by atoms with Gasteiger partial charge in [0.25, 0.3) is 0 Å². The molecular formula is C24H30O2. The van der Waals surface area contributed by atoms with E-state index in [1.807, 2.05) is 36.4 Å². The molecule has 2 nitrogen and oxygen atoms in total. The van der Waals surface area contributed by atoms with Gasteiger partial charge in [-0.25, -0.2) is 0 Å². The molecule has 2 heteroatoms. The van der Waals surface area contributed by atoms with E-state index in [1.165, 1.54) is 16.7 Å². The van der Waals surface area contributed by atoms with Gasteiger partial charge in [0.15, 0.2) is 0 Å². The smallest absolute Gasteiger partial charge is 0.0717 e. The van der Waals surface area contributed by atoms with Crippen LogP contribution in [0, 0.1) is 0 Å². The Morgan fingerprint density at radius 1 is 0.769 bits per heavy atom. The minimum atomic E-state index is 0.685. The van der Waals surface area contributed by atoms with Gasteiger partial charge >= 0.3 is 0 Å². The average molecular weight is 351 g/mol. The van der Waals surface area contributed by atoms with E-state index in [1.54, 1.807) is 0 Å². The van der Waals surface area contributed by atoms with Gasteiger partial charge in [0, 0.05) is 6.61 Å². The molecule has 0 aliphatic heterocycles. The molecule has 0 heterocycles. The average Bonchev–Trinajstić information content (AvgIpc) is 2.68. The quantitative estimate of drug-likeness (QED) is 0.321. The van der Waals surface area contributed by atoms with Crippen molar-refractivity contribution >= 4 is 0 Å². The summed E-state index contributed by atoms with van der Waals surface area (Å²) in [6.07, 6.45) is 8.31. The maximum Gasteiger partial charge on any atom is 0.0717 e. The summed E-state index contributed by atoms with van der Waals surface area (Å²) in [6.45, 7) is 7.06. The molecule has 2 aromatic carbocycles. The van der Waals surface area contributed by atoms with E-state index in [2.05, 4.69) is 43.0 Å². The third kappa shape index (κ3) is 9.36. The number of ether oxygens (including phenoxy) is 2. The molecule has 0 atom stereocenters. The fraction of sp³-hybridized carbons (Fsp3) is 0.333. The molecule has 0 unspecified atom stereocenters. The summed E-state index contributed by atoms with van der Waals surface area (Å²) in [5.41, 5.74) is 3.71. The van der Waals surface area contributed by atoms with Crippen LogP contribution in [0.2, 0.25) is 0 Å². The second kappa shape index (κ2) is 13.1. The molecule has 0 fully saturated rings. The number of allylic oxidation sites excluding steroid dienone is 2. The predicted molar refractivity (Wildman–Crippen MR) is 109 cm³/mol. The highest BCUT2D eigenvalue weighted by molar-refractivity contribution is 5.14. The second-order valence-corrected chi connectivity index (χ2v) is 6.39. The lowest BCUT2D eigenvalue weighted by Gasteiger charge is -2.05. The van der Waals surface area contributed by atoms with E-state index in [0.717, 1.165) is 38.9 Å². The van der Waals surface area contributed by atoms with Gasteiger partial charge in [0.2, 0.25) is 0 Å². The van der Waals surface area contributed by atoms with E-state index in [-0.39, 0.29) is 0 Å². The van der Waals surface area contributed by atoms with Crippen molar-refractivity contribution in [2.75, 3.05) is 13.2 Å². The van der Waals surface area contributed by atoms with Crippen molar-refractivity contribution in [3.8, 4) is 0 Å². The first kappa shape index (κ1) is 20.2. The van der Waals surface area contributed by atoms with Crippen LogP contribution in [0.4, 0.5) is 0 Å². The molecule has 0 amide bonds. The van der Waals surface area contributed by atoms with Crippen molar-refractivity contribution in [3.63, 3.8) is 0 Å². The summed E-state index contributed by atoms with van der Waals surface area (Å²) >= 11 is 0. The van der Waals surface area contributed by atoms with Gasteiger partial charge in [-0.05, 0) is 36.8 Å². The molecule has 0 saturated carbocycles. The number of hydrogen-bond donors (Lipinski definition) is 0. The lowest BCUT2D eigenvalue weighted by Crippen LogP contribution is -1.96. The van der Waals surface area contributed by atoms with Crippen LogP contribution in [0.15, 0.2) is 85.0 Å². The Morgan fingerprint density at radius 2 is 1.35 bits per heavy atom. The van der Waals surface area contributed by atoms with Crippen LogP contribution in [0.5, 0.6) is 0 Å². The molecule has 138 valence electrons. The Kier molecular flexibility index (Phi) is 10.2. The van der Waals surface area contributed by atoms with Crippen LogP contribution in [0.25, 0.3) is 0 Å². The van der Waals surface area contributed by atoms with Gasteiger partial charge in [-0.1, -0.05) is 85.0 Å². The van der Waals surface area contributed by atoms with Gasteiger partial charge in [0.1, 0.15) is 0 Å².